The van der Waals surface area contributed by atoms with Crippen molar-refractivity contribution in [2.75, 3.05) is 24.3 Å². The Bertz CT molecular complexity index is 505. The van der Waals surface area contributed by atoms with Crippen LogP contribution in [0, 0.1) is 0 Å². The van der Waals surface area contributed by atoms with Crippen LogP contribution in [0.1, 0.15) is 4.88 Å². The van der Waals surface area contributed by atoms with E-state index in [1.54, 1.807) is 11.3 Å². The molecule has 0 saturated carbocycles. The van der Waals surface area contributed by atoms with Gasteiger partial charge in [0.1, 0.15) is 10.2 Å². The summed E-state index contributed by atoms with van der Waals surface area (Å²) in [4.78, 5) is 7.50. The molecule has 3 nitrogen and oxygen atoms in total. The van der Waals surface area contributed by atoms with Crippen molar-refractivity contribution in [3.05, 3.63) is 38.1 Å². The van der Waals surface area contributed by atoms with Crippen molar-refractivity contribution in [2.45, 2.75) is 6.54 Å². The van der Waals surface area contributed by atoms with Gasteiger partial charge in [-0.25, -0.2) is 4.98 Å². The lowest BCUT2D eigenvalue weighted by atomic mass is 10.3. The van der Waals surface area contributed by atoms with Crippen molar-refractivity contribution < 1.29 is 0 Å². The Kier molecular flexibility index (Phi) is 4.48. The number of hydrogen-bond donors (Lipinski definition) is 1. The third-order valence-corrected chi connectivity index (χ3v) is 4.84. The maximum Gasteiger partial charge on any atom is 0.128 e. The second-order valence-corrected chi connectivity index (χ2v) is 6.58. The molecule has 18 heavy (non-hydrogen) atoms. The fourth-order valence-electron chi connectivity index (χ4n) is 1.42. The highest BCUT2D eigenvalue weighted by Gasteiger charge is 2.04. The molecule has 0 aliphatic rings. The molecule has 2 rings (SSSR count). The summed E-state index contributed by atoms with van der Waals surface area (Å²) in [6, 6.07) is 6.04. The number of hydrogen-bond acceptors (Lipinski definition) is 4. The summed E-state index contributed by atoms with van der Waals surface area (Å²) >= 11 is 11.0. The fourth-order valence-corrected chi connectivity index (χ4v) is 3.15. The van der Waals surface area contributed by atoms with Crippen LogP contribution in [0.2, 0.25) is 4.34 Å². The van der Waals surface area contributed by atoms with Gasteiger partial charge in [0, 0.05) is 30.0 Å². The van der Waals surface area contributed by atoms with Crippen LogP contribution >= 0.6 is 38.9 Å². The summed E-state index contributed by atoms with van der Waals surface area (Å²) in [5, 5.41) is 3.32. The van der Waals surface area contributed by atoms with Crippen LogP contribution in [0.15, 0.2) is 28.9 Å². The minimum Gasteiger partial charge on any atom is -0.379 e. The number of rotatable bonds is 4. The lowest BCUT2D eigenvalue weighted by Gasteiger charge is -2.11. The van der Waals surface area contributed by atoms with Crippen molar-refractivity contribution in [1.29, 1.82) is 0 Å². The van der Waals surface area contributed by atoms with E-state index < -0.39 is 0 Å². The lowest BCUT2D eigenvalue weighted by Crippen LogP contribution is -2.10. The van der Waals surface area contributed by atoms with E-state index in [0.717, 1.165) is 26.9 Å². The molecular weight excluding hydrogens is 334 g/mol. The molecule has 0 aliphatic heterocycles. The SMILES string of the molecule is CN(C)c1ccc(NCc2cc(Br)c(Cl)s2)cn1. The molecule has 2 aromatic rings. The Labute approximate surface area is 124 Å². The van der Waals surface area contributed by atoms with Crippen molar-refractivity contribution >= 4 is 50.4 Å². The Morgan fingerprint density at radius 2 is 2.22 bits per heavy atom. The molecular formula is C12H13BrClN3S. The van der Waals surface area contributed by atoms with Gasteiger partial charge in [0.2, 0.25) is 0 Å². The molecule has 0 atom stereocenters. The topological polar surface area (TPSA) is 28.2 Å². The van der Waals surface area contributed by atoms with Crippen molar-refractivity contribution in [1.82, 2.24) is 4.98 Å². The van der Waals surface area contributed by atoms with Gasteiger partial charge in [0.15, 0.2) is 0 Å². The predicted molar refractivity (Wildman–Crippen MR) is 82.9 cm³/mol. The summed E-state index contributed by atoms with van der Waals surface area (Å²) < 4.78 is 1.74. The molecule has 1 N–H and O–H groups in total. The summed E-state index contributed by atoms with van der Waals surface area (Å²) in [5.41, 5.74) is 1.00. The molecule has 2 heterocycles. The van der Waals surface area contributed by atoms with Gasteiger partial charge >= 0.3 is 0 Å². The second kappa shape index (κ2) is 5.91. The van der Waals surface area contributed by atoms with E-state index >= 15 is 0 Å². The van der Waals surface area contributed by atoms with E-state index in [2.05, 4.69) is 26.2 Å². The molecule has 0 amide bonds. The first-order valence-electron chi connectivity index (χ1n) is 5.37. The highest BCUT2D eigenvalue weighted by Crippen LogP contribution is 2.32. The van der Waals surface area contributed by atoms with Gasteiger partial charge in [-0.3, -0.25) is 0 Å². The summed E-state index contributed by atoms with van der Waals surface area (Å²) in [5.74, 6) is 0.947. The van der Waals surface area contributed by atoms with Gasteiger partial charge in [-0.05, 0) is 34.1 Å². The van der Waals surface area contributed by atoms with E-state index in [-0.39, 0.29) is 0 Å². The molecule has 96 valence electrons. The van der Waals surface area contributed by atoms with Crippen LogP contribution in [0.5, 0.6) is 0 Å². The third kappa shape index (κ3) is 3.37. The smallest absolute Gasteiger partial charge is 0.128 e. The number of nitrogens with zero attached hydrogens (tertiary/aromatic N) is 2. The maximum atomic E-state index is 5.99. The Hall–Kier alpha value is -0.780. The van der Waals surface area contributed by atoms with Crippen LogP contribution in [0.25, 0.3) is 0 Å². The number of thiophene rings is 1. The molecule has 0 radical (unpaired) electrons. The number of halogens is 2. The summed E-state index contributed by atoms with van der Waals surface area (Å²) in [7, 11) is 3.95. The summed E-state index contributed by atoms with van der Waals surface area (Å²) in [6.45, 7) is 0.749. The predicted octanol–water partition coefficient (Wildman–Crippen LogP) is 4.24. The van der Waals surface area contributed by atoms with Crippen molar-refractivity contribution in [3.8, 4) is 0 Å². The minimum atomic E-state index is 0.749. The van der Waals surface area contributed by atoms with Gasteiger partial charge in [-0.2, -0.15) is 0 Å². The fraction of sp³-hybridized carbons (Fsp3) is 0.250. The first-order valence-corrected chi connectivity index (χ1v) is 7.36. The average molecular weight is 347 g/mol. The number of nitrogens with one attached hydrogen (secondary N) is 1. The van der Waals surface area contributed by atoms with E-state index in [1.165, 1.54) is 4.88 Å². The van der Waals surface area contributed by atoms with Gasteiger partial charge in [0.25, 0.3) is 0 Å². The molecule has 0 fully saturated rings. The van der Waals surface area contributed by atoms with Crippen molar-refractivity contribution in [2.24, 2.45) is 0 Å². The maximum absolute atomic E-state index is 5.99. The molecule has 0 aliphatic carbocycles. The molecule has 0 aromatic carbocycles. The second-order valence-electron chi connectivity index (χ2n) is 3.99. The zero-order valence-corrected chi connectivity index (χ0v) is 13.2. The van der Waals surface area contributed by atoms with Crippen LogP contribution in [-0.2, 0) is 6.54 Å². The third-order valence-electron chi connectivity index (χ3n) is 2.37. The van der Waals surface area contributed by atoms with Crippen LogP contribution in [0.4, 0.5) is 11.5 Å². The Balaban J connectivity index is 1.97. The van der Waals surface area contributed by atoms with E-state index in [0.29, 0.717) is 0 Å². The Morgan fingerprint density at radius 1 is 1.44 bits per heavy atom. The minimum absolute atomic E-state index is 0.749. The number of pyridine rings is 1. The van der Waals surface area contributed by atoms with E-state index in [9.17, 15) is 0 Å². The van der Waals surface area contributed by atoms with E-state index in [4.69, 9.17) is 11.6 Å². The van der Waals surface area contributed by atoms with Crippen LogP contribution in [0.3, 0.4) is 0 Å². The first kappa shape index (κ1) is 13.6. The van der Waals surface area contributed by atoms with E-state index in [1.807, 2.05) is 43.4 Å². The van der Waals surface area contributed by atoms with Gasteiger partial charge in [0.05, 0.1) is 11.9 Å². The molecule has 0 saturated heterocycles. The van der Waals surface area contributed by atoms with Gasteiger partial charge < -0.3 is 10.2 Å². The van der Waals surface area contributed by atoms with Gasteiger partial charge in [-0.15, -0.1) is 11.3 Å². The van der Waals surface area contributed by atoms with Crippen LogP contribution in [-0.4, -0.2) is 19.1 Å². The number of aromatic nitrogens is 1. The summed E-state index contributed by atoms with van der Waals surface area (Å²) in [6.07, 6.45) is 1.83. The molecule has 0 bridgehead atoms. The van der Waals surface area contributed by atoms with Crippen LogP contribution < -0.4 is 10.2 Å². The largest absolute Gasteiger partial charge is 0.379 e. The highest BCUT2D eigenvalue weighted by molar-refractivity contribution is 9.10. The molecule has 2 aromatic heterocycles. The standard InChI is InChI=1S/C12H13BrClN3S/c1-17(2)11-4-3-8(6-16-11)15-7-9-5-10(13)12(14)18-9/h3-6,15H,7H2,1-2H3. The normalized spacial score (nSPS) is 10.4. The molecule has 6 heteroatoms. The Morgan fingerprint density at radius 3 is 2.72 bits per heavy atom. The van der Waals surface area contributed by atoms with Crippen molar-refractivity contribution in [3.63, 3.8) is 0 Å². The molecule has 0 spiro atoms. The quantitative estimate of drug-likeness (QED) is 0.897. The molecule has 0 unspecified atom stereocenters. The average Bonchev–Trinajstić information content (AvgIpc) is 2.67. The first-order chi connectivity index (χ1) is 8.56. The van der Waals surface area contributed by atoms with Gasteiger partial charge in [-0.1, -0.05) is 11.6 Å². The monoisotopic (exact) mass is 345 g/mol. The highest BCUT2D eigenvalue weighted by atomic mass is 79.9. The zero-order chi connectivity index (χ0) is 13.1. The lowest BCUT2D eigenvalue weighted by molar-refractivity contribution is 1.06. The number of anilines is 2. The zero-order valence-electron chi connectivity index (χ0n) is 10.1.